The molecule has 0 saturated heterocycles. The zero-order chi connectivity index (χ0) is 20.2. The van der Waals surface area contributed by atoms with Crippen LogP contribution >= 0.6 is 0 Å². The molecule has 3 aromatic rings. The summed E-state index contributed by atoms with van der Waals surface area (Å²) in [4.78, 5) is 26.9. The summed E-state index contributed by atoms with van der Waals surface area (Å²) in [6.07, 6.45) is 1.24. The van der Waals surface area contributed by atoms with Gasteiger partial charge in [0.1, 0.15) is 17.6 Å². The summed E-state index contributed by atoms with van der Waals surface area (Å²) >= 11 is 0. The summed E-state index contributed by atoms with van der Waals surface area (Å²) in [5.41, 5.74) is 3.17. The van der Waals surface area contributed by atoms with Crippen molar-refractivity contribution < 1.29 is 18.7 Å². The Kier molecular flexibility index (Phi) is 5.47. The average Bonchev–Trinajstić information content (AvgIpc) is 3.25. The van der Waals surface area contributed by atoms with Crippen LogP contribution in [0.15, 0.2) is 71.1 Å². The second kappa shape index (κ2) is 8.35. The van der Waals surface area contributed by atoms with Crippen LogP contribution in [0, 0.1) is 0 Å². The van der Waals surface area contributed by atoms with Gasteiger partial charge in [0.05, 0.1) is 7.11 Å². The summed E-state index contributed by atoms with van der Waals surface area (Å²) in [6, 6.07) is 21.0. The molecule has 1 unspecified atom stereocenters. The second-order valence-corrected chi connectivity index (χ2v) is 7.17. The van der Waals surface area contributed by atoms with Gasteiger partial charge >= 0.3 is 5.97 Å². The first-order valence-corrected chi connectivity index (χ1v) is 9.74. The molecule has 0 spiro atoms. The molecule has 2 aromatic carbocycles. The fourth-order valence-electron chi connectivity index (χ4n) is 3.78. The predicted octanol–water partition coefficient (Wildman–Crippen LogP) is 4.01. The van der Waals surface area contributed by atoms with Crippen molar-refractivity contribution in [3.63, 3.8) is 0 Å². The van der Waals surface area contributed by atoms with Gasteiger partial charge in [0.15, 0.2) is 0 Å². The van der Waals surface area contributed by atoms with E-state index in [9.17, 15) is 9.59 Å². The highest BCUT2D eigenvalue weighted by molar-refractivity contribution is 5.85. The molecule has 5 heteroatoms. The Hall–Kier alpha value is -3.34. The highest BCUT2D eigenvalue weighted by atomic mass is 16.5. The number of benzene rings is 2. The molecule has 0 bridgehead atoms. The van der Waals surface area contributed by atoms with Crippen molar-refractivity contribution in [1.29, 1.82) is 0 Å². The third-order valence-corrected chi connectivity index (χ3v) is 5.35. The fourth-order valence-corrected chi connectivity index (χ4v) is 3.78. The van der Waals surface area contributed by atoms with Crippen LogP contribution in [0.3, 0.4) is 0 Å². The lowest BCUT2D eigenvalue weighted by atomic mass is 9.93. The van der Waals surface area contributed by atoms with Crippen molar-refractivity contribution in [2.24, 2.45) is 0 Å². The van der Waals surface area contributed by atoms with E-state index in [-0.39, 0.29) is 18.3 Å². The maximum Gasteiger partial charge on any atom is 0.328 e. The molecule has 29 heavy (non-hydrogen) atoms. The number of carbonyl (C=O) groups is 2. The van der Waals surface area contributed by atoms with Crippen LogP contribution in [-0.2, 0) is 33.7 Å². The molecule has 4 rings (SSSR count). The molecule has 0 aliphatic carbocycles. The maximum absolute atomic E-state index is 13.0. The number of carbonyl (C=O) groups excluding carboxylic acids is 2. The quantitative estimate of drug-likeness (QED) is 0.619. The molecule has 1 aliphatic rings. The molecular weight excluding hydrogens is 366 g/mol. The minimum Gasteiger partial charge on any atom is -0.467 e. The van der Waals surface area contributed by atoms with Crippen molar-refractivity contribution >= 4 is 11.9 Å². The summed E-state index contributed by atoms with van der Waals surface area (Å²) in [7, 11) is 1.36. The Morgan fingerprint density at radius 3 is 2.48 bits per heavy atom. The van der Waals surface area contributed by atoms with Crippen molar-refractivity contribution in [1.82, 2.24) is 4.90 Å². The standard InChI is InChI=1S/C24H23NO4/c1-28-24(27)21-15-18-9-5-6-10-19(18)16-25(21)23(26)14-12-20-11-13-22(29-20)17-7-3-2-4-8-17/h2-11,13,21H,12,14-16H2,1H3. The van der Waals surface area contributed by atoms with Crippen molar-refractivity contribution in [2.75, 3.05) is 7.11 Å². The number of hydrogen-bond donors (Lipinski definition) is 0. The zero-order valence-corrected chi connectivity index (χ0v) is 16.3. The molecule has 0 fully saturated rings. The molecule has 1 aromatic heterocycles. The number of aryl methyl sites for hydroxylation is 1. The van der Waals surface area contributed by atoms with Crippen LogP contribution in [0.4, 0.5) is 0 Å². The number of amides is 1. The topological polar surface area (TPSA) is 59.8 Å². The summed E-state index contributed by atoms with van der Waals surface area (Å²) in [5, 5.41) is 0. The maximum atomic E-state index is 13.0. The van der Waals surface area contributed by atoms with E-state index in [1.165, 1.54) is 7.11 Å². The predicted molar refractivity (Wildman–Crippen MR) is 109 cm³/mol. The Bertz CT molecular complexity index is 1010. The first-order valence-electron chi connectivity index (χ1n) is 9.74. The molecule has 0 radical (unpaired) electrons. The summed E-state index contributed by atoms with van der Waals surface area (Å²) < 4.78 is 10.8. The summed E-state index contributed by atoms with van der Waals surface area (Å²) in [6.45, 7) is 0.419. The number of furan rings is 1. The molecule has 148 valence electrons. The molecule has 1 atom stereocenters. The van der Waals surface area contributed by atoms with E-state index in [1.54, 1.807) is 4.90 Å². The number of esters is 1. The van der Waals surface area contributed by atoms with E-state index in [4.69, 9.17) is 9.15 Å². The van der Waals surface area contributed by atoms with Gasteiger partial charge in [0, 0.05) is 31.4 Å². The van der Waals surface area contributed by atoms with Gasteiger partial charge in [-0.1, -0.05) is 54.6 Å². The second-order valence-electron chi connectivity index (χ2n) is 7.17. The van der Waals surface area contributed by atoms with Gasteiger partial charge < -0.3 is 14.1 Å². The molecule has 0 N–H and O–H groups in total. The Labute approximate surface area is 169 Å². The zero-order valence-electron chi connectivity index (χ0n) is 16.3. The monoisotopic (exact) mass is 389 g/mol. The van der Waals surface area contributed by atoms with Crippen LogP contribution in [0.5, 0.6) is 0 Å². The molecule has 0 saturated carbocycles. The van der Waals surface area contributed by atoms with Crippen molar-refractivity contribution in [3.8, 4) is 11.3 Å². The van der Waals surface area contributed by atoms with Gasteiger partial charge in [0.25, 0.3) is 0 Å². The highest BCUT2D eigenvalue weighted by Crippen LogP contribution is 2.26. The minimum atomic E-state index is -0.584. The van der Waals surface area contributed by atoms with Gasteiger partial charge in [-0.3, -0.25) is 4.79 Å². The number of ether oxygens (including phenoxy) is 1. The third kappa shape index (κ3) is 4.09. The van der Waals surface area contributed by atoms with E-state index in [0.717, 1.165) is 28.2 Å². The number of hydrogen-bond acceptors (Lipinski definition) is 4. The van der Waals surface area contributed by atoms with E-state index < -0.39 is 6.04 Å². The van der Waals surface area contributed by atoms with E-state index in [0.29, 0.717) is 19.4 Å². The molecule has 2 heterocycles. The molecule has 1 aliphatic heterocycles. The average molecular weight is 389 g/mol. The van der Waals surface area contributed by atoms with Crippen LogP contribution in [0.2, 0.25) is 0 Å². The lowest BCUT2D eigenvalue weighted by Crippen LogP contribution is -2.49. The Morgan fingerprint density at radius 1 is 1.00 bits per heavy atom. The van der Waals surface area contributed by atoms with Gasteiger partial charge in [-0.25, -0.2) is 4.79 Å². The first-order chi connectivity index (χ1) is 14.2. The van der Waals surface area contributed by atoms with E-state index in [2.05, 4.69) is 0 Å². The van der Waals surface area contributed by atoms with Crippen LogP contribution in [0.1, 0.15) is 23.3 Å². The van der Waals surface area contributed by atoms with Crippen molar-refractivity contribution in [2.45, 2.75) is 31.8 Å². The SMILES string of the molecule is COC(=O)C1Cc2ccccc2CN1C(=O)CCc1ccc(-c2ccccc2)o1. The smallest absolute Gasteiger partial charge is 0.328 e. The lowest BCUT2D eigenvalue weighted by Gasteiger charge is -2.35. The Balaban J connectivity index is 1.46. The highest BCUT2D eigenvalue weighted by Gasteiger charge is 2.35. The van der Waals surface area contributed by atoms with Crippen LogP contribution in [-0.4, -0.2) is 29.9 Å². The molecular formula is C24H23NO4. The largest absolute Gasteiger partial charge is 0.467 e. The molecule has 1 amide bonds. The van der Waals surface area contributed by atoms with E-state index in [1.807, 2.05) is 66.7 Å². The number of methoxy groups -OCH3 is 1. The van der Waals surface area contributed by atoms with Crippen LogP contribution in [0.25, 0.3) is 11.3 Å². The molecule has 5 nitrogen and oxygen atoms in total. The van der Waals surface area contributed by atoms with Crippen molar-refractivity contribution in [3.05, 3.63) is 83.6 Å². The number of fused-ring (bicyclic) bond motifs is 1. The number of rotatable bonds is 5. The summed E-state index contributed by atoms with van der Waals surface area (Å²) in [5.74, 6) is 1.08. The third-order valence-electron chi connectivity index (χ3n) is 5.35. The first kappa shape index (κ1) is 19.0. The minimum absolute atomic E-state index is 0.0763. The Morgan fingerprint density at radius 2 is 1.72 bits per heavy atom. The van der Waals surface area contributed by atoms with E-state index >= 15 is 0 Å². The van der Waals surface area contributed by atoms with Crippen LogP contribution < -0.4 is 0 Å². The number of nitrogens with zero attached hydrogens (tertiary/aromatic N) is 1. The van der Waals surface area contributed by atoms with Gasteiger partial charge in [-0.15, -0.1) is 0 Å². The normalized spacial score (nSPS) is 15.6. The fraction of sp³-hybridized carbons (Fsp3) is 0.250. The van der Waals surface area contributed by atoms with Gasteiger partial charge in [0.2, 0.25) is 5.91 Å². The van der Waals surface area contributed by atoms with Gasteiger partial charge in [-0.05, 0) is 23.3 Å². The van der Waals surface area contributed by atoms with Gasteiger partial charge in [-0.2, -0.15) is 0 Å². The lowest BCUT2D eigenvalue weighted by molar-refractivity contribution is -0.154.